The van der Waals surface area contributed by atoms with Crippen molar-refractivity contribution in [2.24, 2.45) is 17.8 Å². The third kappa shape index (κ3) is 4.60. The van der Waals surface area contributed by atoms with Crippen molar-refractivity contribution in [3.05, 3.63) is 69.0 Å². The Morgan fingerprint density at radius 2 is 1.68 bits per heavy atom. The predicted octanol–water partition coefficient (Wildman–Crippen LogP) is 7.08. The van der Waals surface area contributed by atoms with Crippen LogP contribution in [0.3, 0.4) is 0 Å². The van der Waals surface area contributed by atoms with Crippen molar-refractivity contribution >= 4 is 28.6 Å². The molecule has 34 heavy (non-hydrogen) atoms. The Kier molecular flexibility index (Phi) is 6.66. The van der Waals surface area contributed by atoms with Crippen molar-refractivity contribution in [2.45, 2.75) is 56.8 Å². The SMILES string of the molecule is C=C(CCc1ccc(OC)c(C23CC4CC(CC(C4)C2)C3)c1)Oc1cc(C(=O)OC)ccc1I. The van der Waals surface area contributed by atoms with E-state index in [0.29, 0.717) is 28.9 Å². The van der Waals surface area contributed by atoms with E-state index >= 15 is 0 Å². The molecule has 0 unspecified atom stereocenters. The Morgan fingerprint density at radius 3 is 2.29 bits per heavy atom. The van der Waals surface area contributed by atoms with Crippen molar-refractivity contribution in [3.8, 4) is 11.5 Å². The molecule has 4 aliphatic carbocycles. The first kappa shape index (κ1) is 23.7. The number of halogens is 1. The molecular weight excluding hydrogens is 539 g/mol. The van der Waals surface area contributed by atoms with Gasteiger partial charge in [0.15, 0.2) is 0 Å². The summed E-state index contributed by atoms with van der Waals surface area (Å²) in [4.78, 5) is 11.9. The summed E-state index contributed by atoms with van der Waals surface area (Å²) in [5.74, 6) is 4.70. The number of allylic oxidation sites excluding steroid dienone is 1. The van der Waals surface area contributed by atoms with E-state index in [9.17, 15) is 4.79 Å². The van der Waals surface area contributed by atoms with E-state index in [-0.39, 0.29) is 5.97 Å². The lowest BCUT2D eigenvalue weighted by molar-refractivity contribution is -0.00619. The molecule has 2 aromatic carbocycles. The van der Waals surface area contributed by atoms with Crippen LogP contribution in [0.15, 0.2) is 48.7 Å². The number of carbonyl (C=O) groups is 1. The van der Waals surface area contributed by atoms with E-state index in [4.69, 9.17) is 14.2 Å². The number of esters is 1. The first-order valence-electron chi connectivity index (χ1n) is 12.3. The highest BCUT2D eigenvalue weighted by atomic mass is 127. The number of ether oxygens (including phenoxy) is 3. The summed E-state index contributed by atoms with van der Waals surface area (Å²) < 4.78 is 17.7. The number of methoxy groups -OCH3 is 2. The first-order chi connectivity index (χ1) is 16.4. The molecule has 0 atom stereocenters. The van der Waals surface area contributed by atoms with Gasteiger partial charge >= 0.3 is 5.97 Å². The molecule has 0 radical (unpaired) electrons. The standard InChI is InChI=1S/C29H33IO4/c1-18(34-27-14-23(28(31)33-3)7-8-25(27)30)4-5-19-6-9-26(32-2)24(13-19)29-15-20-10-21(16-29)12-22(11-20)17-29/h6-9,13-14,20-22H,1,4-5,10-12,15-17H2,2-3H3. The van der Waals surface area contributed by atoms with Crippen LogP contribution in [0.4, 0.5) is 0 Å². The van der Waals surface area contributed by atoms with Crippen molar-refractivity contribution in [1.82, 2.24) is 0 Å². The van der Waals surface area contributed by atoms with Crippen molar-refractivity contribution < 1.29 is 19.0 Å². The lowest BCUT2D eigenvalue weighted by Gasteiger charge is -2.57. The van der Waals surface area contributed by atoms with Crippen LogP contribution in [-0.2, 0) is 16.6 Å². The Labute approximate surface area is 216 Å². The van der Waals surface area contributed by atoms with Gasteiger partial charge in [-0.2, -0.15) is 0 Å². The largest absolute Gasteiger partial charge is 0.496 e. The lowest BCUT2D eigenvalue weighted by Crippen LogP contribution is -2.48. The van der Waals surface area contributed by atoms with Gasteiger partial charge in [0.1, 0.15) is 11.5 Å². The smallest absolute Gasteiger partial charge is 0.337 e. The molecule has 2 aromatic rings. The summed E-state index contributed by atoms with van der Waals surface area (Å²) in [6.45, 7) is 4.15. The van der Waals surface area contributed by atoms with Crippen LogP contribution < -0.4 is 9.47 Å². The van der Waals surface area contributed by atoms with Crippen molar-refractivity contribution in [2.75, 3.05) is 14.2 Å². The second kappa shape index (κ2) is 9.56. The lowest BCUT2D eigenvalue weighted by atomic mass is 9.48. The van der Waals surface area contributed by atoms with Crippen LogP contribution >= 0.6 is 22.6 Å². The summed E-state index contributed by atoms with van der Waals surface area (Å²) in [6.07, 6.45) is 9.86. The average molecular weight is 572 g/mol. The summed E-state index contributed by atoms with van der Waals surface area (Å²) in [6, 6.07) is 12.1. The predicted molar refractivity (Wildman–Crippen MR) is 141 cm³/mol. The Bertz CT molecular complexity index is 1070. The average Bonchev–Trinajstić information content (AvgIpc) is 2.82. The van der Waals surface area contributed by atoms with Crippen LogP contribution in [0.1, 0.15) is 66.4 Å². The number of rotatable bonds is 8. The normalized spacial score (nSPS) is 26.9. The summed E-state index contributed by atoms with van der Waals surface area (Å²) in [5, 5.41) is 0. The van der Waals surface area contributed by atoms with E-state index in [1.807, 2.05) is 6.07 Å². The van der Waals surface area contributed by atoms with Gasteiger partial charge < -0.3 is 14.2 Å². The van der Waals surface area contributed by atoms with Crippen molar-refractivity contribution in [3.63, 3.8) is 0 Å². The van der Waals surface area contributed by atoms with Crippen LogP contribution in [0.2, 0.25) is 0 Å². The Morgan fingerprint density at radius 1 is 1.00 bits per heavy atom. The molecule has 4 bridgehead atoms. The summed E-state index contributed by atoms with van der Waals surface area (Å²) in [7, 11) is 3.19. The minimum absolute atomic E-state index is 0.300. The molecule has 0 N–H and O–H groups in total. The molecule has 0 saturated heterocycles. The van der Waals surface area contributed by atoms with E-state index < -0.39 is 0 Å². The maximum Gasteiger partial charge on any atom is 0.337 e. The molecule has 180 valence electrons. The van der Waals surface area contributed by atoms with E-state index in [1.54, 1.807) is 19.2 Å². The quantitative estimate of drug-likeness (QED) is 0.193. The van der Waals surface area contributed by atoms with Crippen LogP contribution in [0.25, 0.3) is 0 Å². The van der Waals surface area contributed by atoms with Gasteiger partial charge in [0.05, 0.1) is 29.1 Å². The second-order valence-corrected chi connectivity index (χ2v) is 11.7. The fourth-order valence-corrected chi connectivity index (χ4v) is 7.53. The van der Waals surface area contributed by atoms with Gasteiger partial charge in [-0.3, -0.25) is 0 Å². The van der Waals surface area contributed by atoms with Gasteiger partial charge in [-0.1, -0.05) is 18.7 Å². The number of hydrogen-bond acceptors (Lipinski definition) is 4. The van der Waals surface area contributed by atoms with Crippen LogP contribution in [0.5, 0.6) is 11.5 Å². The number of benzene rings is 2. The Balaban J connectivity index is 1.30. The highest BCUT2D eigenvalue weighted by Crippen LogP contribution is 2.62. The zero-order valence-corrected chi connectivity index (χ0v) is 22.2. The molecular formula is C29H33IO4. The molecule has 4 fully saturated rings. The number of hydrogen-bond donors (Lipinski definition) is 0. The molecule has 0 aliphatic heterocycles. The zero-order chi connectivity index (χ0) is 23.9. The van der Waals surface area contributed by atoms with Gasteiger partial charge in [0, 0.05) is 12.0 Å². The van der Waals surface area contributed by atoms with Gasteiger partial charge in [-0.25, -0.2) is 4.79 Å². The third-order valence-electron chi connectivity index (χ3n) is 8.17. The number of aryl methyl sites for hydroxylation is 1. The zero-order valence-electron chi connectivity index (χ0n) is 20.1. The summed E-state index contributed by atoms with van der Waals surface area (Å²) >= 11 is 2.21. The van der Waals surface area contributed by atoms with E-state index in [1.165, 1.54) is 56.8 Å². The monoisotopic (exact) mass is 572 g/mol. The van der Waals surface area contributed by atoms with Crippen molar-refractivity contribution in [1.29, 1.82) is 0 Å². The van der Waals surface area contributed by atoms with Gasteiger partial charge in [0.25, 0.3) is 0 Å². The molecule has 4 saturated carbocycles. The maximum atomic E-state index is 11.9. The Hall–Kier alpha value is -2.02. The minimum Gasteiger partial charge on any atom is -0.496 e. The third-order valence-corrected chi connectivity index (χ3v) is 9.06. The fourth-order valence-electron chi connectivity index (χ4n) is 7.08. The molecule has 0 heterocycles. The topological polar surface area (TPSA) is 44.8 Å². The molecule has 0 amide bonds. The molecule has 0 spiro atoms. The fraction of sp³-hybridized carbons (Fsp3) is 0.483. The first-order valence-corrected chi connectivity index (χ1v) is 13.4. The minimum atomic E-state index is -0.373. The molecule has 4 aliphatic rings. The van der Waals surface area contributed by atoms with Crippen LogP contribution in [0, 0.1) is 21.3 Å². The highest BCUT2D eigenvalue weighted by molar-refractivity contribution is 14.1. The summed E-state index contributed by atoms with van der Waals surface area (Å²) in [5.41, 5.74) is 3.50. The highest BCUT2D eigenvalue weighted by Gasteiger charge is 2.52. The van der Waals surface area contributed by atoms with Gasteiger partial charge in [-0.15, -0.1) is 0 Å². The maximum absolute atomic E-state index is 11.9. The molecule has 0 aromatic heterocycles. The second-order valence-electron chi connectivity index (χ2n) is 10.5. The van der Waals surface area contributed by atoms with E-state index in [0.717, 1.165) is 33.5 Å². The molecule has 4 nitrogen and oxygen atoms in total. The van der Waals surface area contributed by atoms with Gasteiger partial charge in [-0.05, 0) is 121 Å². The van der Waals surface area contributed by atoms with E-state index in [2.05, 4.69) is 47.4 Å². The van der Waals surface area contributed by atoms with Crippen LogP contribution in [-0.4, -0.2) is 20.2 Å². The molecule has 6 rings (SSSR count). The molecule has 5 heteroatoms. The van der Waals surface area contributed by atoms with Gasteiger partial charge in [0.2, 0.25) is 0 Å². The number of carbonyl (C=O) groups excluding carboxylic acids is 1.